The van der Waals surface area contributed by atoms with Gasteiger partial charge in [-0.1, -0.05) is 0 Å². The van der Waals surface area contributed by atoms with Gasteiger partial charge in [-0.2, -0.15) is 5.10 Å². The Morgan fingerprint density at radius 2 is 2.00 bits per heavy atom. The topological polar surface area (TPSA) is 71.2 Å². The Morgan fingerprint density at radius 3 is 2.62 bits per heavy atom. The molecule has 2 aliphatic rings. The Labute approximate surface area is 141 Å². The van der Waals surface area contributed by atoms with Crippen molar-refractivity contribution in [3.8, 4) is 0 Å². The molecule has 1 saturated carbocycles. The zero-order valence-corrected chi connectivity index (χ0v) is 14.3. The molecular formula is C18H24N4O2. The molecule has 1 N–H and O–H groups in total. The van der Waals surface area contributed by atoms with E-state index in [1.165, 1.54) is 0 Å². The minimum absolute atomic E-state index is 0.0804. The van der Waals surface area contributed by atoms with Crippen molar-refractivity contribution in [2.75, 3.05) is 19.7 Å². The van der Waals surface area contributed by atoms with E-state index in [0.717, 1.165) is 53.7 Å². The molecule has 2 aromatic rings. The summed E-state index contributed by atoms with van der Waals surface area (Å²) in [5.41, 5.74) is 3.44. The first-order valence-corrected chi connectivity index (χ1v) is 8.83. The van der Waals surface area contributed by atoms with E-state index in [1.54, 1.807) is 4.68 Å². The van der Waals surface area contributed by atoms with Crippen molar-refractivity contribution < 1.29 is 9.90 Å². The van der Waals surface area contributed by atoms with Crippen LogP contribution in [0.25, 0.3) is 11.0 Å². The molecule has 0 bridgehead atoms. The number of aliphatic hydroxyl groups excluding tert-OH is 1. The fourth-order valence-electron chi connectivity index (χ4n) is 3.71. The van der Waals surface area contributed by atoms with Gasteiger partial charge in [0.1, 0.15) is 0 Å². The molecule has 24 heavy (non-hydrogen) atoms. The van der Waals surface area contributed by atoms with Crippen LogP contribution in [0.5, 0.6) is 0 Å². The van der Waals surface area contributed by atoms with E-state index < -0.39 is 0 Å². The van der Waals surface area contributed by atoms with Crippen molar-refractivity contribution in [2.45, 2.75) is 38.5 Å². The number of aromatic nitrogens is 3. The van der Waals surface area contributed by atoms with Crippen molar-refractivity contribution >= 4 is 16.9 Å². The van der Waals surface area contributed by atoms with Crippen molar-refractivity contribution in [3.05, 3.63) is 23.0 Å². The number of hydrogen-bond donors (Lipinski definition) is 1. The number of aliphatic hydroxyl groups is 1. The van der Waals surface area contributed by atoms with E-state index in [-0.39, 0.29) is 12.5 Å². The number of piperidine rings is 1. The molecular weight excluding hydrogens is 304 g/mol. The molecule has 2 fully saturated rings. The van der Waals surface area contributed by atoms with Crippen LogP contribution in [-0.4, -0.2) is 50.4 Å². The van der Waals surface area contributed by atoms with Gasteiger partial charge in [0.05, 0.1) is 16.6 Å². The summed E-state index contributed by atoms with van der Waals surface area (Å²) in [5, 5.41) is 14.7. The Balaban J connectivity index is 1.73. The number of nitrogens with zero attached hydrogens (tertiary/aromatic N) is 4. The highest BCUT2D eigenvalue weighted by molar-refractivity contribution is 6.06. The predicted octanol–water partition coefficient (Wildman–Crippen LogP) is 2.00. The largest absolute Gasteiger partial charge is 0.396 e. The average Bonchev–Trinajstić information content (AvgIpc) is 3.41. The molecule has 3 heterocycles. The van der Waals surface area contributed by atoms with E-state index in [9.17, 15) is 9.90 Å². The van der Waals surface area contributed by atoms with Crippen LogP contribution in [-0.2, 0) is 7.05 Å². The molecule has 0 spiro atoms. The van der Waals surface area contributed by atoms with Crippen molar-refractivity contribution in [1.29, 1.82) is 0 Å². The van der Waals surface area contributed by atoms with Gasteiger partial charge in [-0.3, -0.25) is 9.48 Å². The Kier molecular flexibility index (Phi) is 3.79. The Hall–Kier alpha value is -1.95. The maximum atomic E-state index is 13.2. The number of rotatable bonds is 3. The van der Waals surface area contributed by atoms with Crippen LogP contribution < -0.4 is 0 Å². The summed E-state index contributed by atoms with van der Waals surface area (Å²) in [6.07, 6.45) is 4.06. The molecule has 0 unspecified atom stereocenters. The van der Waals surface area contributed by atoms with Gasteiger partial charge in [-0.15, -0.1) is 0 Å². The highest BCUT2D eigenvalue weighted by Gasteiger charge is 2.30. The second-order valence-electron chi connectivity index (χ2n) is 7.19. The minimum Gasteiger partial charge on any atom is -0.396 e. The third-order valence-corrected chi connectivity index (χ3v) is 5.37. The van der Waals surface area contributed by atoms with E-state index in [2.05, 4.69) is 5.10 Å². The van der Waals surface area contributed by atoms with E-state index in [0.29, 0.717) is 24.9 Å². The maximum Gasteiger partial charge on any atom is 0.254 e. The lowest BCUT2D eigenvalue weighted by molar-refractivity contribution is 0.0652. The number of carbonyl (C=O) groups excluding carboxylic acids is 1. The second-order valence-corrected chi connectivity index (χ2v) is 7.19. The predicted molar refractivity (Wildman–Crippen MR) is 90.9 cm³/mol. The quantitative estimate of drug-likeness (QED) is 0.935. The lowest BCUT2D eigenvalue weighted by atomic mass is 9.97. The fourth-order valence-corrected chi connectivity index (χ4v) is 3.71. The molecule has 0 atom stereocenters. The van der Waals surface area contributed by atoms with Crippen LogP contribution in [0.2, 0.25) is 0 Å². The van der Waals surface area contributed by atoms with Gasteiger partial charge in [0, 0.05) is 38.4 Å². The molecule has 1 aliphatic carbocycles. The van der Waals surface area contributed by atoms with E-state index >= 15 is 0 Å². The second kappa shape index (κ2) is 5.84. The number of pyridine rings is 1. The zero-order valence-electron chi connectivity index (χ0n) is 14.3. The monoisotopic (exact) mass is 328 g/mol. The average molecular weight is 328 g/mol. The SMILES string of the molecule is Cc1nn(C)c2nc(C3CC3)cc(C(=O)N3CCC(CO)CC3)c12. The molecule has 128 valence electrons. The fraction of sp³-hybridized carbons (Fsp3) is 0.611. The molecule has 2 aromatic heterocycles. The third-order valence-electron chi connectivity index (χ3n) is 5.37. The lowest BCUT2D eigenvalue weighted by Crippen LogP contribution is -2.39. The normalized spacial score (nSPS) is 19.2. The third kappa shape index (κ3) is 2.59. The van der Waals surface area contributed by atoms with Gasteiger partial charge >= 0.3 is 0 Å². The van der Waals surface area contributed by atoms with Gasteiger partial charge in [-0.25, -0.2) is 4.98 Å². The van der Waals surface area contributed by atoms with E-state index in [4.69, 9.17) is 4.98 Å². The van der Waals surface area contributed by atoms with Gasteiger partial charge in [-0.05, 0) is 44.6 Å². The first-order valence-electron chi connectivity index (χ1n) is 8.83. The zero-order chi connectivity index (χ0) is 16.8. The van der Waals surface area contributed by atoms with Crippen molar-refractivity contribution in [3.63, 3.8) is 0 Å². The lowest BCUT2D eigenvalue weighted by Gasteiger charge is -2.31. The van der Waals surface area contributed by atoms with Crippen LogP contribution in [0.15, 0.2) is 6.07 Å². The number of hydrogen-bond acceptors (Lipinski definition) is 4. The molecule has 6 heteroatoms. The minimum atomic E-state index is 0.0804. The summed E-state index contributed by atoms with van der Waals surface area (Å²) in [5.74, 6) is 0.904. The molecule has 0 aromatic carbocycles. The van der Waals surface area contributed by atoms with Crippen molar-refractivity contribution in [2.24, 2.45) is 13.0 Å². The molecule has 1 aliphatic heterocycles. The van der Waals surface area contributed by atoms with Gasteiger partial charge in [0.15, 0.2) is 5.65 Å². The molecule has 1 saturated heterocycles. The summed E-state index contributed by atoms with van der Waals surface area (Å²) >= 11 is 0. The highest BCUT2D eigenvalue weighted by Crippen LogP contribution is 2.40. The number of aryl methyl sites for hydroxylation is 2. The van der Waals surface area contributed by atoms with Gasteiger partial charge < -0.3 is 10.0 Å². The highest BCUT2D eigenvalue weighted by atomic mass is 16.3. The Morgan fingerprint density at radius 1 is 1.29 bits per heavy atom. The van der Waals surface area contributed by atoms with Crippen LogP contribution in [0.1, 0.15) is 53.3 Å². The van der Waals surface area contributed by atoms with Gasteiger partial charge in [0.25, 0.3) is 5.91 Å². The summed E-state index contributed by atoms with van der Waals surface area (Å²) < 4.78 is 1.78. The molecule has 4 rings (SSSR count). The number of likely N-dealkylation sites (tertiary alicyclic amines) is 1. The standard InChI is InChI=1S/C18H24N4O2/c1-11-16-14(18(24)22-7-5-12(10-23)6-8-22)9-15(13-3-4-13)19-17(16)21(2)20-11/h9,12-13,23H,3-8,10H2,1-2H3. The molecule has 0 radical (unpaired) electrons. The molecule has 6 nitrogen and oxygen atoms in total. The van der Waals surface area contributed by atoms with Crippen LogP contribution in [0, 0.1) is 12.8 Å². The first-order chi connectivity index (χ1) is 11.6. The number of fused-ring (bicyclic) bond motifs is 1. The van der Waals surface area contributed by atoms with Gasteiger partial charge in [0.2, 0.25) is 0 Å². The Bertz CT molecular complexity index is 786. The van der Waals surface area contributed by atoms with Crippen LogP contribution in [0.3, 0.4) is 0 Å². The summed E-state index contributed by atoms with van der Waals surface area (Å²) in [7, 11) is 1.89. The van der Waals surface area contributed by atoms with Crippen LogP contribution >= 0.6 is 0 Å². The first kappa shape index (κ1) is 15.6. The van der Waals surface area contributed by atoms with Crippen LogP contribution in [0.4, 0.5) is 0 Å². The smallest absolute Gasteiger partial charge is 0.254 e. The summed E-state index contributed by atoms with van der Waals surface area (Å²) in [6, 6.07) is 2.00. The summed E-state index contributed by atoms with van der Waals surface area (Å²) in [4.78, 5) is 19.9. The van der Waals surface area contributed by atoms with E-state index in [1.807, 2.05) is 24.9 Å². The number of carbonyl (C=O) groups is 1. The number of amides is 1. The van der Waals surface area contributed by atoms with Crippen molar-refractivity contribution in [1.82, 2.24) is 19.7 Å². The molecule has 1 amide bonds. The maximum absolute atomic E-state index is 13.2. The summed E-state index contributed by atoms with van der Waals surface area (Å²) in [6.45, 7) is 3.59.